The summed E-state index contributed by atoms with van der Waals surface area (Å²) in [5.74, 6) is 0.397. The van der Waals surface area contributed by atoms with Crippen molar-refractivity contribution in [2.75, 3.05) is 26.2 Å². The number of aryl methyl sites for hydroxylation is 2. The van der Waals surface area contributed by atoms with E-state index in [0.29, 0.717) is 17.1 Å². The van der Waals surface area contributed by atoms with Gasteiger partial charge in [0.05, 0.1) is 14.2 Å². The molecule has 1 unspecified atom stereocenters. The summed E-state index contributed by atoms with van der Waals surface area (Å²) in [6, 6.07) is 10.2. The Labute approximate surface area is 172 Å². The Morgan fingerprint density at radius 3 is 2.03 bits per heavy atom. The molecule has 0 heterocycles. The van der Waals surface area contributed by atoms with E-state index in [9.17, 15) is 9.59 Å². The van der Waals surface area contributed by atoms with Crippen LogP contribution in [0.3, 0.4) is 0 Å². The lowest BCUT2D eigenvalue weighted by molar-refractivity contribution is -0.121. The molecular weight excluding hydrogens is 368 g/mol. The van der Waals surface area contributed by atoms with Crippen LogP contribution in [0, 0.1) is 19.8 Å². The molecule has 6 heteroatoms. The number of likely N-dealkylation sites (N-methyl/N-ethyl adjacent to an activating group) is 1. The molecule has 0 fully saturated rings. The second-order valence-electron chi connectivity index (χ2n) is 7.48. The standard InChI is InChI=1S/C23H30N2O4/c1-14(2)21(23(27)25(5)20-9-8-15(3)10-16(20)4)24-22(26)17-11-18(28-6)13-19(12-17)29-7/h8-14,21H,1-7H3,(H,24,26). The van der Waals surface area contributed by atoms with Gasteiger partial charge in [-0.15, -0.1) is 0 Å². The normalized spacial score (nSPS) is 11.7. The Morgan fingerprint density at radius 2 is 1.55 bits per heavy atom. The Hall–Kier alpha value is -3.02. The smallest absolute Gasteiger partial charge is 0.252 e. The molecule has 0 aliphatic heterocycles. The maximum absolute atomic E-state index is 13.2. The van der Waals surface area contributed by atoms with Crippen LogP contribution in [-0.2, 0) is 4.79 Å². The number of carbonyl (C=O) groups excluding carboxylic acids is 2. The van der Waals surface area contributed by atoms with E-state index in [1.165, 1.54) is 14.2 Å². The average Bonchev–Trinajstić information content (AvgIpc) is 2.70. The van der Waals surface area contributed by atoms with Crippen LogP contribution in [0.15, 0.2) is 36.4 Å². The molecule has 2 aromatic rings. The molecule has 6 nitrogen and oxygen atoms in total. The largest absolute Gasteiger partial charge is 0.497 e. The molecule has 0 spiro atoms. The van der Waals surface area contributed by atoms with Crippen molar-refractivity contribution in [3.05, 3.63) is 53.1 Å². The topological polar surface area (TPSA) is 67.9 Å². The maximum Gasteiger partial charge on any atom is 0.252 e. The zero-order valence-corrected chi connectivity index (χ0v) is 18.2. The van der Waals surface area contributed by atoms with Crippen LogP contribution in [0.4, 0.5) is 5.69 Å². The van der Waals surface area contributed by atoms with Crippen LogP contribution in [0.2, 0.25) is 0 Å². The number of nitrogens with zero attached hydrogens (tertiary/aromatic N) is 1. The van der Waals surface area contributed by atoms with Gasteiger partial charge >= 0.3 is 0 Å². The lowest BCUT2D eigenvalue weighted by atomic mass is 10.0. The van der Waals surface area contributed by atoms with Crippen molar-refractivity contribution >= 4 is 17.5 Å². The van der Waals surface area contributed by atoms with E-state index in [1.807, 2.05) is 45.9 Å². The molecule has 2 amide bonds. The molecule has 1 N–H and O–H groups in total. The van der Waals surface area contributed by atoms with Crippen LogP contribution in [0.1, 0.15) is 35.3 Å². The number of hydrogen-bond donors (Lipinski definition) is 1. The lowest BCUT2D eigenvalue weighted by Crippen LogP contribution is -2.50. The van der Waals surface area contributed by atoms with Crippen molar-refractivity contribution in [1.82, 2.24) is 5.32 Å². The molecule has 0 aromatic heterocycles. The van der Waals surface area contributed by atoms with Gasteiger partial charge in [0.1, 0.15) is 17.5 Å². The summed E-state index contributed by atoms with van der Waals surface area (Å²) in [6.07, 6.45) is 0. The fourth-order valence-corrected chi connectivity index (χ4v) is 3.19. The highest BCUT2D eigenvalue weighted by Crippen LogP contribution is 2.24. The highest BCUT2D eigenvalue weighted by atomic mass is 16.5. The Balaban J connectivity index is 2.27. The van der Waals surface area contributed by atoms with Crippen molar-refractivity contribution in [3.63, 3.8) is 0 Å². The molecule has 2 rings (SSSR count). The highest BCUT2D eigenvalue weighted by Gasteiger charge is 2.29. The van der Waals surface area contributed by atoms with Gasteiger partial charge in [-0.1, -0.05) is 31.5 Å². The maximum atomic E-state index is 13.2. The molecule has 0 saturated heterocycles. The first-order chi connectivity index (χ1) is 13.7. The third-order valence-corrected chi connectivity index (χ3v) is 4.88. The fourth-order valence-electron chi connectivity index (χ4n) is 3.19. The highest BCUT2D eigenvalue weighted by molar-refractivity contribution is 6.02. The van der Waals surface area contributed by atoms with Gasteiger partial charge in [-0.05, 0) is 43.5 Å². The number of benzene rings is 2. The lowest BCUT2D eigenvalue weighted by Gasteiger charge is -2.28. The molecule has 0 aliphatic carbocycles. The predicted molar refractivity (Wildman–Crippen MR) is 115 cm³/mol. The number of ether oxygens (including phenoxy) is 2. The quantitative estimate of drug-likeness (QED) is 0.772. The number of rotatable bonds is 7. The van der Waals surface area contributed by atoms with Crippen LogP contribution >= 0.6 is 0 Å². The molecule has 29 heavy (non-hydrogen) atoms. The zero-order valence-electron chi connectivity index (χ0n) is 18.2. The van der Waals surface area contributed by atoms with Crippen LogP contribution in [-0.4, -0.2) is 39.1 Å². The number of methoxy groups -OCH3 is 2. The first kappa shape index (κ1) is 22.3. The van der Waals surface area contributed by atoms with Crippen LogP contribution < -0.4 is 19.7 Å². The molecular formula is C23H30N2O4. The fraction of sp³-hybridized carbons (Fsp3) is 0.391. The molecule has 0 radical (unpaired) electrons. The third-order valence-electron chi connectivity index (χ3n) is 4.88. The van der Waals surface area contributed by atoms with E-state index in [1.54, 1.807) is 30.1 Å². The van der Waals surface area contributed by atoms with Crippen molar-refractivity contribution < 1.29 is 19.1 Å². The number of anilines is 1. The number of carbonyl (C=O) groups is 2. The number of nitrogens with one attached hydrogen (secondary N) is 1. The summed E-state index contributed by atoms with van der Waals surface area (Å²) in [4.78, 5) is 27.7. The van der Waals surface area contributed by atoms with Gasteiger partial charge in [-0.2, -0.15) is 0 Å². The van der Waals surface area contributed by atoms with Gasteiger partial charge in [-0.25, -0.2) is 0 Å². The molecule has 0 bridgehead atoms. The van der Waals surface area contributed by atoms with Crippen molar-refractivity contribution in [1.29, 1.82) is 0 Å². The summed E-state index contributed by atoms with van der Waals surface area (Å²) < 4.78 is 10.5. The summed E-state index contributed by atoms with van der Waals surface area (Å²) in [7, 11) is 4.78. The van der Waals surface area contributed by atoms with Crippen LogP contribution in [0.5, 0.6) is 11.5 Å². The second-order valence-corrected chi connectivity index (χ2v) is 7.48. The molecule has 2 aromatic carbocycles. The molecule has 156 valence electrons. The van der Waals surface area contributed by atoms with E-state index in [4.69, 9.17) is 9.47 Å². The minimum Gasteiger partial charge on any atom is -0.497 e. The Bertz CT molecular complexity index is 870. The van der Waals surface area contributed by atoms with Crippen molar-refractivity contribution in [2.24, 2.45) is 5.92 Å². The summed E-state index contributed by atoms with van der Waals surface area (Å²) in [5, 5.41) is 2.88. The van der Waals surface area contributed by atoms with Gasteiger partial charge in [0.15, 0.2) is 0 Å². The number of hydrogen-bond acceptors (Lipinski definition) is 4. The summed E-state index contributed by atoms with van der Waals surface area (Å²) in [6.45, 7) is 7.80. The number of amides is 2. The van der Waals surface area contributed by atoms with Crippen LogP contribution in [0.25, 0.3) is 0 Å². The van der Waals surface area contributed by atoms with E-state index < -0.39 is 6.04 Å². The van der Waals surface area contributed by atoms with E-state index in [2.05, 4.69) is 5.32 Å². The van der Waals surface area contributed by atoms with E-state index in [-0.39, 0.29) is 17.7 Å². The van der Waals surface area contributed by atoms with Gasteiger partial charge in [0.2, 0.25) is 5.91 Å². The molecule has 1 atom stereocenters. The van der Waals surface area contributed by atoms with Crippen molar-refractivity contribution in [3.8, 4) is 11.5 Å². The Morgan fingerprint density at radius 1 is 0.966 bits per heavy atom. The molecule has 0 saturated carbocycles. The van der Waals surface area contributed by atoms with Gasteiger partial charge in [0, 0.05) is 24.4 Å². The van der Waals surface area contributed by atoms with Gasteiger partial charge in [-0.3, -0.25) is 9.59 Å². The zero-order chi connectivity index (χ0) is 21.7. The predicted octanol–water partition coefficient (Wildman–Crippen LogP) is 3.74. The molecule has 0 aliphatic rings. The van der Waals surface area contributed by atoms with Gasteiger partial charge < -0.3 is 19.7 Å². The monoisotopic (exact) mass is 398 g/mol. The Kier molecular flexibility index (Phi) is 7.26. The minimum absolute atomic E-state index is 0.0906. The third kappa shape index (κ3) is 5.28. The minimum atomic E-state index is -0.676. The van der Waals surface area contributed by atoms with E-state index in [0.717, 1.165) is 16.8 Å². The SMILES string of the molecule is COc1cc(OC)cc(C(=O)NC(C(=O)N(C)c2ccc(C)cc2C)C(C)C)c1. The second kappa shape index (κ2) is 9.45. The first-order valence-electron chi connectivity index (χ1n) is 9.56. The van der Waals surface area contributed by atoms with E-state index >= 15 is 0 Å². The van der Waals surface area contributed by atoms with Gasteiger partial charge in [0.25, 0.3) is 5.91 Å². The summed E-state index contributed by atoms with van der Waals surface area (Å²) >= 11 is 0. The summed E-state index contributed by atoms with van der Waals surface area (Å²) in [5.41, 5.74) is 3.33. The average molecular weight is 399 g/mol. The van der Waals surface area contributed by atoms with Crippen molar-refractivity contribution in [2.45, 2.75) is 33.7 Å². The first-order valence-corrected chi connectivity index (χ1v) is 9.56.